The summed E-state index contributed by atoms with van der Waals surface area (Å²) in [6, 6.07) is 6.32. The molecule has 0 saturated heterocycles. The second-order valence-corrected chi connectivity index (χ2v) is 4.77. The van der Waals surface area contributed by atoms with Crippen LogP contribution in [0.1, 0.15) is 24.5 Å². The topological polar surface area (TPSA) is 17.8 Å². The van der Waals surface area contributed by atoms with Crippen LogP contribution in [0.2, 0.25) is 0 Å². The van der Waals surface area contributed by atoms with Gasteiger partial charge in [-0.15, -0.1) is 0 Å². The molecule has 3 heteroatoms. The summed E-state index contributed by atoms with van der Waals surface area (Å²) in [5.74, 6) is 0.716. The third-order valence-electron chi connectivity index (χ3n) is 2.81. The SMILES string of the molecule is Cn1nc(C2CC2)c2cccc(Br)c21. The fourth-order valence-electron chi connectivity index (χ4n) is 1.97. The van der Waals surface area contributed by atoms with E-state index < -0.39 is 0 Å². The highest BCUT2D eigenvalue weighted by Gasteiger charge is 2.28. The highest BCUT2D eigenvalue weighted by atomic mass is 79.9. The number of benzene rings is 1. The lowest BCUT2D eigenvalue weighted by molar-refractivity contribution is 0.766. The van der Waals surface area contributed by atoms with Gasteiger partial charge in [-0.05, 0) is 34.8 Å². The molecule has 0 bridgehead atoms. The summed E-state index contributed by atoms with van der Waals surface area (Å²) in [6.07, 6.45) is 2.61. The summed E-state index contributed by atoms with van der Waals surface area (Å²) in [5, 5.41) is 5.91. The van der Waals surface area contributed by atoms with Gasteiger partial charge in [0.25, 0.3) is 0 Å². The number of fused-ring (bicyclic) bond motifs is 1. The van der Waals surface area contributed by atoms with Crippen molar-refractivity contribution in [1.29, 1.82) is 0 Å². The molecule has 0 aliphatic heterocycles. The molecule has 1 heterocycles. The third-order valence-corrected chi connectivity index (χ3v) is 3.45. The third kappa shape index (κ3) is 1.12. The number of aromatic nitrogens is 2. The molecule has 0 N–H and O–H groups in total. The van der Waals surface area contributed by atoms with E-state index in [1.165, 1.54) is 29.4 Å². The van der Waals surface area contributed by atoms with E-state index in [4.69, 9.17) is 0 Å². The maximum Gasteiger partial charge on any atom is 0.0824 e. The van der Waals surface area contributed by atoms with Crippen molar-refractivity contribution in [1.82, 2.24) is 9.78 Å². The van der Waals surface area contributed by atoms with Crippen LogP contribution in [0.15, 0.2) is 22.7 Å². The highest BCUT2D eigenvalue weighted by Crippen LogP contribution is 2.43. The molecule has 0 radical (unpaired) electrons. The minimum Gasteiger partial charge on any atom is -0.266 e. The zero-order chi connectivity index (χ0) is 9.71. The average molecular weight is 251 g/mol. The van der Waals surface area contributed by atoms with E-state index in [2.05, 4.69) is 39.2 Å². The zero-order valence-corrected chi connectivity index (χ0v) is 9.58. The van der Waals surface area contributed by atoms with Crippen LogP contribution in [0, 0.1) is 0 Å². The molecule has 0 spiro atoms. The first kappa shape index (κ1) is 8.48. The molecule has 1 aliphatic carbocycles. The standard InChI is InChI=1S/C11H11BrN2/c1-14-11-8(3-2-4-9(11)12)10(13-14)7-5-6-7/h2-4,7H,5-6H2,1H3. The van der Waals surface area contributed by atoms with Crippen molar-refractivity contribution in [2.75, 3.05) is 0 Å². The summed E-state index contributed by atoms with van der Waals surface area (Å²) in [5.41, 5.74) is 2.50. The number of hydrogen-bond donors (Lipinski definition) is 0. The second kappa shape index (κ2) is 2.83. The van der Waals surface area contributed by atoms with E-state index in [1.54, 1.807) is 0 Å². The van der Waals surface area contributed by atoms with Gasteiger partial charge < -0.3 is 0 Å². The van der Waals surface area contributed by atoms with E-state index in [-0.39, 0.29) is 0 Å². The lowest BCUT2D eigenvalue weighted by Crippen LogP contribution is -1.90. The lowest BCUT2D eigenvalue weighted by atomic mass is 10.1. The van der Waals surface area contributed by atoms with Crippen molar-refractivity contribution in [2.45, 2.75) is 18.8 Å². The molecule has 2 nitrogen and oxygen atoms in total. The Morgan fingerprint density at radius 3 is 2.93 bits per heavy atom. The van der Waals surface area contributed by atoms with Crippen LogP contribution in [-0.2, 0) is 7.05 Å². The van der Waals surface area contributed by atoms with Gasteiger partial charge >= 0.3 is 0 Å². The Bertz CT molecular complexity index is 497. The monoisotopic (exact) mass is 250 g/mol. The molecule has 14 heavy (non-hydrogen) atoms. The maximum absolute atomic E-state index is 4.60. The summed E-state index contributed by atoms with van der Waals surface area (Å²) < 4.78 is 3.12. The van der Waals surface area contributed by atoms with E-state index in [0.29, 0.717) is 5.92 Å². The molecule has 1 aromatic carbocycles. The minimum absolute atomic E-state index is 0.716. The number of halogens is 1. The van der Waals surface area contributed by atoms with Crippen LogP contribution in [0.3, 0.4) is 0 Å². The number of hydrogen-bond acceptors (Lipinski definition) is 1. The Balaban J connectivity index is 2.37. The van der Waals surface area contributed by atoms with Crippen LogP contribution in [0.25, 0.3) is 10.9 Å². The summed E-state index contributed by atoms with van der Waals surface area (Å²) >= 11 is 3.57. The molecule has 0 atom stereocenters. The second-order valence-electron chi connectivity index (χ2n) is 3.92. The zero-order valence-electron chi connectivity index (χ0n) is 8.00. The van der Waals surface area contributed by atoms with E-state index >= 15 is 0 Å². The maximum atomic E-state index is 4.60. The van der Waals surface area contributed by atoms with Gasteiger partial charge in [0.2, 0.25) is 0 Å². The Morgan fingerprint density at radius 1 is 1.43 bits per heavy atom. The Morgan fingerprint density at radius 2 is 2.21 bits per heavy atom. The van der Waals surface area contributed by atoms with E-state index in [1.807, 2.05) is 11.7 Å². The minimum atomic E-state index is 0.716. The van der Waals surface area contributed by atoms with Crippen molar-refractivity contribution >= 4 is 26.8 Å². The predicted molar refractivity (Wildman–Crippen MR) is 60.4 cm³/mol. The molecule has 72 valence electrons. The fourth-order valence-corrected chi connectivity index (χ4v) is 2.60. The van der Waals surface area contributed by atoms with Crippen LogP contribution in [-0.4, -0.2) is 9.78 Å². The molecule has 0 amide bonds. The van der Waals surface area contributed by atoms with Gasteiger partial charge in [0.05, 0.1) is 11.2 Å². The first-order chi connectivity index (χ1) is 6.77. The van der Waals surface area contributed by atoms with Gasteiger partial charge in [-0.1, -0.05) is 12.1 Å². The highest BCUT2D eigenvalue weighted by molar-refractivity contribution is 9.10. The van der Waals surface area contributed by atoms with Crippen molar-refractivity contribution < 1.29 is 0 Å². The number of aryl methyl sites for hydroxylation is 1. The summed E-state index contributed by atoms with van der Waals surface area (Å²) in [4.78, 5) is 0. The molecule has 1 aromatic heterocycles. The largest absolute Gasteiger partial charge is 0.266 e. The molecule has 1 fully saturated rings. The molecular formula is C11H11BrN2. The number of para-hydroxylation sites is 1. The summed E-state index contributed by atoms with van der Waals surface area (Å²) in [6.45, 7) is 0. The fraction of sp³-hybridized carbons (Fsp3) is 0.364. The van der Waals surface area contributed by atoms with Crippen molar-refractivity contribution in [3.8, 4) is 0 Å². The van der Waals surface area contributed by atoms with Crippen LogP contribution < -0.4 is 0 Å². The van der Waals surface area contributed by atoms with Crippen LogP contribution in [0.4, 0.5) is 0 Å². The van der Waals surface area contributed by atoms with E-state index in [0.717, 1.165) is 4.47 Å². The van der Waals surface area contributed by atoms with Crippen LogP contribution in [0.5, 0.6) is 0 Å². The van der Waals surface area contributed by atoms with Gasteiger partial charge in [0, 0.05) is 22.8 Å². The Kier molecular flexibility index (Phi) is 1.71. The van der Waals surface area contributed by atoms with Gasteiger partial charge in [-0.3, -0.25) is 4.68 Å². The normalized spacial score (nSPS) is 16.4. The molecule has 3 rings (SSSR count). The molecular weight excluding hydrogens is 240 g/mol. The van der Waals surface area contributed by atoms with Crippen molar-refractivity contribution in [2.24, 2.45) is 7.05 Å². The number of rotatable bonds is 1. The van der Waals surface area contributed by atoms with Crippen molar-refractivity contribution in [3.63, 3.8) is 0 Å². The number of nitrogens with zero attached hydrogens (tertiary/aromatic N) is 2. The molecule has 0 unspecified atom stereocenters. The van der Waals surface area contributed by atoms with Gasteiger partial charge in [-0.2, -0.15) is 5.10 Å². The van der Waals surface area contributed by atoms with E-state index in [9.17, 15) is 0 Å². The average Bonchev–Trinajstić information content (AvgIpc) is 2.93. The van der Waals surface area contributed by atoms with Gasteiger partial charge in [0.15, 0.2) is 0 Å². The van der Waals surface area contributed by atoms with Gasteiger partial charge in [0.1, 0.15) is 0 Å². The Hall–Kier alpha value is -0.830. The lowest BCUT2D eigenvalue weighted by Gasteiger charge is -1.96. The first-order valence-electron chi connectivity index (χ1n) is 4.88. The molecule has 2 aromatic rings. The predicted octanol–water partition coefficient (Wildman–Crippen LogP) is 3.21. The molecule has 1 saturated carbocycles. The van der Waals surface area contributed by atoms with Crippen LogP contribution >= 0.6 is 15.9 Å². The van der Waals surface area contributed by atoms with Crippen molar-refractivity contribution in [3.05, 3.63) is 28.4 Å². The molecule has 1 aliphatic rings. The smallest absolute Gasteiger partial charge is 0.0824 e. The quantitative estimate of drug-likeness (QED) is 0.760. The first-order valence-corrected chi connectivity index (χ1v) is 5.68. The van der Waals surface area contributed by atoms with Gasteiger partial charge in [-0.25, -0.2) is 0 Å². The Labute approximate surface area is 91.0 Å². The summed E-state index contributed by atoms with van der Waals surface area (Å²) in [7, 11) is 2.01.